The summed E-state index contributed by atoms with van der Waals surface area (Å²) in [7, 11) is 0. The summed E-state index contributed by atoms with van der Waals surface area (Å²) in [6, 6.07) is 1.80. The van der Waals surface area contributed by atoms with Crippen molar-refractivity contribution in [3.63, 3.8) is 0 Å². The van der Waals surface area contributed by atoms with Gasteiger partial charge < -0.3 is 4.74 Å². The standard InChI is InChI=1S/C20H35NO2/c1-2-3-4-5-6-7-8-9-10-11-12-13-14-15-16-17-20(22)23-19-18-21/h9-10H,2-8,11-17,19H2,1H3/b10-9-. The molecular formula is C20H35NO2. The fourth-order valence-corrected chi connectivity index (χ4v) is 2.53. The molecule has 0 spiro atoms. The Hall–Kier alpha value is -1.30. The lowest BCUT2D eigenvalue weighted by atomic mass is 10.1. The number of nitriles is 1. The highest BCUT2D eigenvalue weighted by atomic mass is 16.5. The maximum absolute atomic E-state index is 11.2. The van der Waals surface area contributed by atoms with E-state index in [0.717, 1.165) is 12.8 Å². The van der Waals surface area contributed by atoms with Gasteiger partial charge >= 0.3 is 5.97 Å². The van der Waals surface area contributed by atoms with Gasteiger partial charge in [-0.3, -0.25) is 4.79 Å². The van der Waals surface area contributed by atoms with Gasteiger partial charge in [0.05, 0.1) is 0 Å². The first-order chi connectivity index (χ1) is 11.3. The van der Waals surface area contributed by atoms with Crippen LogP contribution in [0.1, 0.15) is 96.8 Å². The van der Waals surface area contributed by atoms with E-state index >= 15 is 0 Å². The second-order valence-electron chi connectivity index (χ2n) is 6.15. The van der Waals surface area contributed by atoms with Crippen molar-refractivity contribution < 1.29 is 9.53 Å². The lowest BCUT2D eigenvalue weighted by Crippen LogP contribution is -2.03. The molecule has 0 amide bonds. The highest BCUT2D eigenvalue weighted by molar-refractivity contribution is 5.69. The molecule has 0 unspecified atom stereocenters. The Balaban J connectivity index is 3.16. The smallest absolute Gasteiger partial charge is 0.306 e. The molecule has 0 N–H and O–H groups in total. The Morgan fingerprint density at radius 1 is 0.870 bits per heavy atom. The SMILES string of the molecule is CCCCCCCC/C=C\CCCCCCCC(=O)OCC#N. The van der Waals surface area contributed by atoms with Crippen LogP contribution in [0.3, 0.4) is 0 Å². The maximum atomic E-state index is 11.2. The Bertz CT molecular complexity index is 331. The van der Waals surface area contributed by atoms with Gasteiger partial charge in [-0.05, 0) is 32.1 Å². The van der Waals surface area contributed by atoms with Gasteiger partial charge in [0.25, 0.3) is 0 Å². The number of rotatable bonds is 16. The molecule has 0 rings (SSSR count). The Morgan fingerprint density at radius 2 is 1.39 bits per heavy atom. The second-order valence-corrected chi connectivity index (χ2v) is 6.15. The Morgan fingerprint density at radius 3 is 1.96 bits per heavy atom. The number of carbonyl (C=O) groups excluding carboxylic acids is 1. The van der Waals surface area contributed by atoms with Crippen LogP contribution in [0.5, 0.6) is 0 Å². The van der Waals surface area contributed by atoms with E-state index in [1.54, 1.807) is 6.07 Å². The fourth-order valence-electron chi connectivity index (χ4n) is 2.53. The van der Waals surface area contributed by atoms with Gasteiger partial charge in [0.15, 0.2) is 6.61 Å². The zero-order chi connectivity index (χ0) is 17.0. The molecule has 132 valence electrons. The molecule has 0 atom stereocenters. The van der Waals surface area contributed by atoms with Gasteiger partial charge in [-0.15, -0.1) is 0 Å². The molecule has 0 heterocycles. The molecule has 0 bridgehead atoms. The predicted octanol–water partition coefficient (Wildman–Crippen LogP) is 6.09. The number of ether oxygens (including phenoxy) is 1. The van der Waals surface area contributed by atoms with Crippen LogP contribution in [0.2, 0.25) is 0 Å². The van der Waals surface area contributed by atoms with Gasteiger partial charge in [-0.2, -0.15) is 5.26 Å². The molecule has 0 aliphatic heterocycles. The second kappa shape index (κ2) is 18.7. The van der Waals surface area contributed by atoms with E-state index in [9.17, 15) is 4.79 Å². The summed E-state index contributed by atoms with van der Waals surface area (Å²) < 4.78 is 4.70. The molecule has 3 heteroatoms. The van der Waals surface area contributed by atoms with E-state index in [2.05, 4.69) is 19.1 Å². The van der Waals surface area contributed by atoms with Crippen molar-refractivity contribution in [1.82, 2.24) is 0 Å². The molecule has 0 aliphatic carbocycles. The van der Waals surface area contributed by atoms with Crippen molar-refractivity contribution in [2.75, 3.05) is 6.61 Å². The minimum Gasteiger partial charge on any atom is -0.450 e. The van der Waals surface area contributed by atoms with Gasteiger partial charge in [0, 0.05) is 6.42 Å². The molecule has 0 aromatic carbocycles. The molecule has 23 heavy (non-hydrogen) atoms. The molecular weight excluding hydrogens is 286 g/mol. The number of nitrogens with zero attached hydrogens (tertiary/aromatic N) is 1. The van der Waals surface area contributed by atoms with E-state index in [1.807, 2.05) is 0 Å². The van der Waals surface area contributed by atoms with E-state index in [0.29, 0.717) is 6.42 Å². The van der Waals surface area contributed by atoms with Crippen LogP contribution in [-0.4, -0.2) is 12.6 Å². The third-order valence-electron chi connectivity index (χ3n) is 3.94. The van der Waals surface area contributed by atoms with Crippen LogP contribution in [-0.2, 0) is 9.53 Å². The van der Waals surface area contributed by atoms with Crippen molar-refractivity contribution in [1.29, 1.82) is 5.26 Å². The average Bonchev–Trinajstić information content (AvgIpc) is 2.56. The molecule has 0 aliphatic rings. The van der Waals surface area contributed by atoms with Crippen LogP contribution in [0.25, 0.3) is 0 Å². The largest absolute Gasteiger partial charge is 0.450 e. The van der Waals surface area contributed by atoms with Crippen LogP contribution >= 0.6 is 0 Å². The first-order valence-electron chi connectivity index (χ1n) is 9.48. The summed E-state index contributed by atoms with van der Waals surface area (Å²) in [5.41, 5.74) is 0. The van der Waals surface area contributed by atoms with Crippen LogP contribution in [0.15, 0.2) is 12.2 Å². The van der Waals surface area contributed by atoms with Gasteiger partial charge in [-0.25, -0.2) is 0 Å². The van der Waals surface area contributed by atoms with Crippen molar-refractivity contribution in [2.24, 2.45) is 0 Å². The minimum absolute atomic E-state index is 0.121. The minimum atomic E-state index is -0.246. The summed E-state index contributed by atoms with van der Waals surface area (Å²) in [6.45, 7) is 2.14. The van der Waals surface area contributed by atoms with E-state index in [4.69, 9.17) is 10.00 Å². The van der Waals surface area contributed by atoms with Crippen molar-refractivity contribution in [3.05, 3.63) is 12.2 Å². The van der Waals surface area contributed by atoms with Crippen LogP contribution in [0, 0.1) is 11.3 Å². The van der Waals surface area contributed by atoms with Gasteiger partial charge in [0.1, 0.15) is 6.07 Å². The zero-order valence-electron chi connectivity index (χ0n) is 15.0. The summed E-state index contributed by atoms with van der Waals surface area (Å²) in [6.07, 6.45) is 21.3. The predicted molar refractivity (Wildman–Crippen MR) is 96.0 cm³/mol. The maximum Gasteiger partial charge on any atom is 0.306 e. The molecule has 0 aromatic heterocycles. The van der Waals surface area contributed by atoms with Gasteiger partial charge in [0.2, 0.25) is 0 Å². The summed E-state index contributed by atoms with van der Waals surface area (Å²) in [4.78, 5) is 11.2. The average molecular weight is 322 g/mol. The number of unbranched alkanes of at least 4 members (excludes halogenated alkanes) is 11. The Kier molecular flexibility index (Phi) is 17.7. The normalized spacial score (nSPS) is 10.8. The van der Waals surface area contributed by atoms with Gasteiger partial charge in [-0.1, -0.05) is 70.4 Å². The Labute approximate surface area is 143 Å². The number of esters is 1. The third kappa shape index (κ3) is 18.7. The number of hydrogen-bond donors (Lipinski definition) is 0. The molecule has 0 radical (unpaired) electrons. The summed E-state index contributed by atoms with van der Waals surface area (Å²) in [5.74, 6) is -0.246. The number of hydrogen-bond acceptors (Lipinski definition) is 3. The molecule has 0 aromatic rings. The topological polar surface area (TPSA) is 50.1 Å². The molecule has 3 nitrogen and oxygen atoms in total. The van der Waals surface area contributed by atoms with Crippen LogP contribution < -0.4 is 0 Å². The monoisotopic (exact) mass is 321 g/mol. The molecule has 0 fully saturated rings. The number of allylic oxidation sites excluding steroid dienone is 2. The summed E-state index contributed by atoms with van der Waals surface area (Å²) in [5, 5.41) is 8.29. The fraction of sp³-hybridized carbons (Fsp3) is 0.800. The number of carbonyl (C=O) groups is 1. The van der Waals surface area contributed by atoms with Crippen LogP contribution in [0.4, 0.5) is 0 Å². The van der Waals surface area contributed by atoms with E-state index < -0.39 is 0 Å². The first-order valence-corrected chi connectivity index (χ1v) is 9.48. The lowest BCUT2D eigenvalue weighted by Gasteiger charge is -2.01. The third-order valence-corrected chi connectivity index (χ3v) is 3.94. The van der Waals surface area contributed by atoms with Crippen molar-refractivity contribution >= 4 is 5.97 Å². The highest BCUT2D eigenvalue weighted by Gasteiger charge is 2.01. The molecule has 0 saturated heterocycles. The molecule has 0 saturated carbocycles. The van der Waals surface area contributed by atoms with Crippen molar-refractivity contribution in [2.45, 2.75) is 96.8 Å². The zero-order valence-corrected chi connectivity index (χ0v) is 15.0. The van der Waals surface area contributed by atoms with E-state index in [1.165, 1.54) is 70.6 Å². The first kappa shape index (κ1) is 21.7. The van der Waals surface area contributed by atoms with E-state index in [-0.39, 0.29) is 12.6 Å². The summed E-state index contributed by atoms with van der Waals surface area (Å²) >= 11 is 0. The highest BCUT2D eigenvalue weighted by Crippen LogP contribution is 2.10. The lowest BCUT2D eigenvalue weighted by molar-refractivity contribution is -0.142. The quantitative estimate of drug-likeness (QED) is 0.196. The van der Waals surface area contributed by atoms with Crippen molar-refractivity contribution in [3.8, 4) is 6.07 Å².